The molecule has 1 aliphatic carbocycles. The van der Waals surface area contributed by atoms with Crippen molar-refractivity contribution in [3.63, 3.8) is 0 Å². The number of rotatable bonds is 3. The number of ether oxygens (including phenoxy) is 1. The molecular formula is C12H23Cl2NO3. The molecule has 1 saturated carbocycles. The first kappa shape index (κ1) is 18.0. The van der Waals surface area contributed by atoms with Gasteiger partial charge >= 0.3 is 5.97 Å². The second-order valence-corrected chi connectivity index (χ2v) is 4.90. The molecule has 0 aromatic rings. The summed E-state index contributed by atoms with van der Waals surface area (Å²) in [4.78, 5) is 13.5. The molecule has 1 saturated heterocycles. The topological polar surface area (TPSA) is 49.8 Å². The highest BCUT2D eigenvalue weighted by molar-refractivity contribution is 5.85. The summed E-state index contributed by atoms with van der Waals surface area (Å²) in [5.74, 6) is -0.362. The van der Waals surface area contributed by atoms with Crippen molar-refractivity contribution >= 4 is 30.8 Å². The monoisotopic (exact) mass is 299 g/mol. The molecule has 4 nitrogen and oxygen atoms in total. The fourth-order valence-electron chi connectivity index (χ4n) is 2.87. The summed E-state index contributed by atoms with van der Waals surface area (Å²) in [5.41, 5.74) is 0. The molecule has 0 aromatic carbocycles. The molecule has 0 aromatic heterocycles. The minimum Gasteiger partial charge on any atom is -0.481 e. The van der Waals surface area contributed by atoms with Crippen LogP contribution in [0, 0.1) is 11.8 Å². The average molecular weight is 300 g/mol. The Hall–Kier alpha value is -0.0300. The number of aliphatic carboxylic acids is 1. The Balaban J connectivity index is 0.00000144. The molecule has 0 spiro atoms. The van der Waals surface area contributed by atoms with Crippen molar-refractivity contribution < 1.29 is 14.6 Å². The van der Waals surface area contributed by atoms with Crippen molar-refractivity contribution in [2.24, 2.45) is 11.8 Å². The maximum Gasteiger partial charge on any atom is 0.306 e. The molecule has 108 valence electrons. The van der Waals surface area contributed by atoms with Crippen LogP contribution in [0.2, 0.25) is 0 Å². The average Bonchev–Trinajstić information content (AvgIpc) is 2.31. The Morgan fingerprint density at radius 1 is 1.17 bits per heavy atom. The van der Waals surface area contributed by atoms with Crippen molar-refractivity contribution in [2.45, 2.75) is 25.7 Å². The largest absolute Gasteiger partial charge is 0.481 e. The van der Waals surface area contributed by atoms with E-state index in [9.17, 15) is 9.90 Å². The molecule has 2 rings (SSSR count). The lowest BCUT2D eigenvalue weighted by Gasteiger charge is -2.35. The zero-order chi connectivity index (χ0) is 11.4. The minimum atomic E-state index is -0.599. The van der Waals surface area contributed by atoms with Crippen molar-refractivity contribution in [3.05, 3.63) is 0 Å². The first-order valence-electron chi connectivity index (χ1n) is 6.30. The minimum absolute atomic E-state index is 0. The van der Waals surface area contributed by atoms with E-state index in [1.54, 1.807) is 0 Å². The number of carbonyl (C=O) groups is 1. The van der Waals surface area contributed by atoms with Crippen LogP contribution in [0.4, 0.5) is 0 Å². The van der Waals surface area contributed by atoms with Crippen LogP contribution in [-0.2, 0) is 9.53 Å². The van der Waals surface area contributed by atoms with Crippen LogP contribution in [0.1, 0.15) is 25.7 Å². The van der Waals surface area contributed by atoms with Gasteiger partial charge in [0.1, 0.15) is 0 Å². The summed E-state index contributed by atoms with van der Waals surface area (Å²) in [5, 5.41) is 9.19. The zero-order valence-corrected chi connectivity index (χ0v) is 12.2. The Morgan fingerprint density at radius 2 is 1.78 bits per heavy atom. The van der Waals surface area contributed by atoms with Gasteiger partial charge in [0.2, 0.25) is 0 Å². The van der Waals surface area contributed by atoms with Crippen LogP contribution in [0.15, 0.2) is 0 Å². The number of carboxylic acids is 1. The van der Waals surface area contributed by atoms with E-state index < -0.39 is 5.97 Å². The van der Waals surface area contributed by atoms with Crippen molar-refractivity contribution in [3.8, 4) is 0 Å². The molecule has 6 heteroatoms. The van der Waals surface area contributed by atoms with Crippen LogP contribution >= 0.6 is 24.8 Å². The van der Waals surface area contributed by atoms with Gasteiger partial charge in [-0.25, -0.2) is 0 Å². The van der Waals surface area contributed by atoms with Crippen molar-refractivity contribution in [1.29, 1.82) is 0 Å². The maximum atomic E-state index is 11.2. The summed E-state index contributed by atoms with van der Waals surface area (Å²) >= 11 is 0. The number of nitrogens with zero attached hydrogens (tertiary/aromatic N) is 1. The highest BCUT2D eigenvalue weighted by atomic mass is 35.5. The van der Waals surface area contributed by atoms with Gasteiger partial charge in [-0.15, -0.1) is 24.8 Å². The van der Waals surface area contributed by atoms with E-state index in [4.69, 9.17) is 4.74 Å². The van der Waals surface area contributed by atoms with E-state index in [0.717, 1.165) is 52.1 Å². The molecule has 18 heavy (non-hydrogen) atoms. The Morgan fingerprint density at radius 3 is 2.39 bits per heavy atom. The predicted molar refractivity (Wildman–Crippen MR) is 74.8 cm³/mol. The van der Waals surface area contributed by atoms with E-state index in [2.05, 4.69) is 4.90 Å². The van der Waals surface area contributed by atoms with Crippen LogP contribution < -0.4 is 0 Å². The number of carboxylic acid groups (broad SMARTS) is 1. The third-order valence-electron chi connectivity index (χ3n) is 3.82. The van der Waals surface area contributed by atoms with E-state index in [-0.39, 0.29) is 30.7 Å². The van der Waals surface area contributed by atoms with Gasteiger partial charge in [-0.3, -0.25) is 9.69 Å². The van der Waals surface area contributed by atoms with Crippen LogP contribution in [0.25, 0.3) is 0 Å². The van der Waals surface area contributed by atoms with E-state index in [0.29, 0.717) is 5.92 Å². The highest BCUT2D eigenvalue weighted by Gasteiger charge is 2.32. The number of hydrogen-bond donors (Lipinski definition) is 1. The van der Waals surface area contributed by atoms with Crippen LogP contribution in [-0.4, -0.2) is 48.8 Å². The van der Waals surface area contributed by atoms with Gasteiger partial charge < -0.3 is 9.84 Å². The zero-order valence-electron chi connectivity index (χ0n) is 10.5. The van der Waals surface area contributed by atoms with Gasteiger partial charge in [-0.1, -0.05) is 12.8 Å². The van der Waals surface area contributed by atoms with Crippen LogP contribution in [0.3, 0.4) is 0 Å². The van der Waals surface area contributed by atoms with E-state index in [1.807, 2.05) is 0 Å². The van der Waals surface area contributed by atoms with Crippen LogP contribution in [0.5, 0.6) is 0 Å². The number of hydrogen-bond acceptors (Lipinski definition) is 3. The first-order valence-corrected chi connectivity index (χ1v) is 6.30. The molecule has 0 radical (unpaired) electrons. The Bertz CT molecular complexity index is 247. The normalized spacial score (nSPS) is 28.9. The molecule has 1 heterocycles. The second-order valence-electron chi connectivity index (χ2n) is 4.90. The summed E-state index contributed by atoms with van der Waals surface area (Å²) < 4.78 is 5.31. The predicted octanol–water partition coefficient (Wildman–Crippen LogP) is 2.05. The summed E-state index contributed by atoms with van der Waals surface area (Å²) in [6.07, 6.45) is 4.22. The Labute approximate surface area is 121 Å². The maximum absolute atomic E-state index is 11.2. The molecular weight excluding hydrogens is 277 g/mol. The van der Waals surface area contributed by atoms with E-state index in [1.165, 1.54) is 6.42 Å². The smallest absolute Gasteiger partial charge is 0.306 e. The molecule has 2 unspecified atom stereocenters. The molecule has 1 N–H and O–H groups in total. The molecule has 0 amide bonds. The molecule has 0 bridgehead atoms. The highest BCUT2D eigenvalue weighted by Crippen LogP contribution is 2.31. The molecule has 2 aliphatic rings. The summed E-state index contributed by atoms with van der Waals surface area (Å²) in [7, 11) is 0. The third kappa shape index (κ3) is 4.92. The van der Waals surface area contributed by atoms with Crippen molar-refractivity contribution in [1.82, 2.24) is 4.90 Å². The van der Waals surface area contributed by atoms with E-state index >= 15 is 0 Å². The standard InChI is InChI=1S/C12H21NO3.2ClH/c14-12(15)11-4-2-1-3-10(11)9-13-5-7-16-8-6-13;;/h10-11H,1-9H2,(H,14,15);2*1H. The third-order valence-corrected chi connectivity index (χ3v) is 3.82. The lowest BCUT2D eigenvalue weighted by molar-refractivity contribution is -0.145. The van der Waals surface area contributed by atoms with Gasteiger partial charge in [0.25, 0.3) is 0 Å². The van der Waals surface area contributed by atoms with Crippen molar-refractivity contribution in [2.75, 3.05) is 32.8 Å². The molecule has 1 aliphatic heterocycles. The first-order chi connectivity index (χ1) is 7.77. The fraction of sp³-hybridized carbons (Fsp3) is 0.917. The van der Waals surface area contributed by atoms with Gasteiger partial charge in [-0.05, 0) is 18.8 Å². The van der Waals surface area contributed by atoms with Gasteiger partial charge in [0.05, 0.1) is 19.1 Å². The molecule has 2 fully saturated rings. The van der Waals surface area contributed by atoms with Gasteiger partial charge in [0, 0.05) is 19.6 Å². The number of halogens is 2. The lowest BCUT2D eigenvalue weighted by atomic mass is 9.79. The lowest BCUT2D eigenvalue weighted by Crippen LogP contribution is -2.42. The summed E-state index contributed by atoms with van der Waals surface area (Å²) in [6, 6.07) is 0. The second kappa shape index (κ2) is 8.97. The quantitative estimate of drug-likeness (QED) is 0.866. The van der Waals surface area contributed by atoms with Gasteiger partial charge in [0.15, 0.2) is 0 Å². The summed E-state index contributed by atoms with van der Waals surface area (Å²) in [6.45, 7) is 4.46. The SMILES string of the molecule is Cl.Cl.O=C(O)C1CCCCC1CN1CCOCC1. The fourth-order valence-corrected chi connectivity index (χ4v) is 2.87. The van der Waals surface area contributed by atoms with Gasteiger partial charge in [-0.2, -0.15) is 0 Å². The Kier molecular flexibility index (Phi) is 8.95. The molecule has 2 atom stereocenters. The number of morpholine rings is 1.